The summed E-state index contributed by atoms with van der Waals surface area (Å²) in [6, 6.07) is 6.03. The third-order valence-electron chi connectivity index (χ3n) is 3.34. The Bertz CT molecular complexity index is 554. The van der Waals surface area contributed by atoms with Gasteiger partial charge in [0.15, 0.2) is 5.75 Å². The molecule has 102 valence electrons. The summed E-state index contributed by atoms with van der Waals surface area (Å²) in [7, 11) is 1.59. The SMILES string of the molecule is CCn1ncc(OC)c1C(O)c1ccc(C)cc1C. The molecule has 4 heteroatoms. The van der Waals surface area contributed by atoms with Crippen molar-refractivity contribution in [3.63, 3.8) is 0 Å². The molecule has 19 heavy (non-hydrogen) atoms. The van der Waals surface area contributed by atoms with Crippen LogP contribution in [0.2, 0.25) is 0 Å². The van der Waals surface area contributed by atoms with Gasteiger partial charge in [0, 0.05) is 6.54 Å². The Kier molecular flexibility index (Phi) is 3.90. The average molecular weight is 260 g/mol. The van der Waals surface area contributed by atoms with E-state index in [0.717, 1.165) is 11.1 Å². The first-order valence-electron chi connectivity index (χ1n) is 6.43. The molecule has 0 aliphatic rings. The second-order valence-corrected chi connectivity index (χ2v) is 4.68. The maximum absolute atomic E-state index is 10.6. The Morgan fingerprint density at radius 3 is 2.68 bits per heavy atom. The van der Waals surface area contributed by atoms with E-state index in [0.29, 0.717) is 18.0 Å². The monoisotopic (exact) mass is 260 g/mol. The summed E-state index contributed by atoms with van der Waals surface area (Å²) in [4.78, 5) is 0. The summed E-state index contributed by atoms with van der Waals surface area (Å²) < 4.78 is 7.06. The van der Waals surface area contributed by atoms with E-state index in [4.69, 9.17) is 4.74 Å². The predicted octanol–water partition coefficient (Wildman–Crippen LogP) is 2.61. The zero-order valence-electron chi connectivity index (χ0n) is 11.8. The largest absolute Gasteiger partial charge is 0.493 e. The number of rotatable bonds is 4. The zero-order chi connectivity index (χ0) is 14.0. The number of ether oxygens (including phenoxy) is 1. The van der Waals surface area contributed by atoms with Crippen LogP contribution < -0.4 is 4.74 Å². The van der Waals surface area contributed by atoms with E-state index in [1.54, 1.807) is 18.0 Å². The number of hydrogen-bond donors (Lipinski definition) is 1. The van der Waals surface area contributed by atoms with Crippen molar-refractivity contribution in [1.29, 1.82) is 0 Å². The van der Waals surface area contributed by atoms with Crippen molar-refractivity contribution in [2.75, 3.05) is 7.11 Å². The molecule has 0 saturated carbocycles. The Labute approximate surface area is 113 Å². The van der Waals surface area contributed by atoms with Gasteiger partial charge in [-0.1, -0.05) is 23.8 Å². The van der Waals surface area contributed by atoms with Gasteiger partial charge in [-0.2, -0.15) is 5.10 Å². The van der Waals surface area contributed by atoms with E-state index in [2.05, 4.69) is 11.2 Å². The van der Waals surface area contributed by atoms with E-state index in [9.17, 15) is 5.11 Å². The van der Waals surface area contributed by atoms with Crippen LogP contribution in [0.5, 0.6) is 5.75 Å². The van der Waals surface area contributed by atoms with Crippen LogP contribution in [0.25, 0.3) is 0 Å². The molecule has 1 N–H and O–H groups in total. The summed E-state index contributed by atoms with van der Waals surface area (Å²) >= 11 is 0. The van der Waals surface area contributed by atoms with Crippen molar-refractivity contribution < 1.29 is 9.84 Å². The molecule has 1 atom stereocenters. The van der Waals surface area contributed by atoms with Gasteiger partial charge in [0.05, 0.1) is 13.3 Å². The van der Waals surface area contributed by atoms with Crippen LogP contribution in [0, 0.1) is 13.8 Å². The standard InChI is InChI=1S/C15H20N2O2/c1-5-17-14(13(19-4)9-16-17)15(18)12-7-6-10(2)8-11(12)3/h6-9,15,18H,5H2,1-4H3. The third-order valence-corrected chi connectivity index (χ3v) is 3.34. The fourth-order valence-electron chi connectivity index (χ4n) is 2.34. The van der Waals surface area contributed by atoms with Gasteiger partial charge in [-0.15, -0.1) is 0 Å². The van der Waals surface area contributed by atoms with E-state index >= 15 is 0 Å². The molecule has 1 unspecified atom stereocenters. The van der Waals surface area contributed by atoms with Gasteiger partial charge in [-0.25, -0.2) is 0 Å². The van der Waals surface area contributed by atoms with Gasteiger partial charge < -0.3 is 9.84 Å². The summed E-state index contributed by atoms with van der Waals surface area (Å²) in [6.07, 6.45) is 0.920. The van der Waals surface area contributed by atoms with Gasteiger partial charge in [0.1, 0.15) is 11.8 Å². The highest BCUT2D eigenvalue weighted by Gasteiger charge is 2.22. The highest BCUT2D eigenvalue weighted by molar-refractivity contribution is 5.39. The second-order valence-electron chi connectivity index (χ2n) is 4.68. The number of methoxy groups -OCH3 is 1. The van der Waals surface area contributed by atoms with E-state index in [-0.39, 0.29) is 0 Å². The van der Waals surface area contributed by atoms with Gasteiger partial charge in [-0.3, -0.25) is 4.68 Å². The fraction of sp³-hybridized carbons (Fsp3) is 0.400. The van der Waals surface area contributed by atoms with Crippen LogP contribution in [0.1, 0.15) is 35.4 Å². The van der Waals surface area contributed by atoms with Gasteiger partial charge >= 0.3 is 0 Å². The molecule has 0 aliphatic carbocycles. The number of aryl methyl sites for hydroxylation is 3. The molecule has 4 nitrogen and oxygen atoms in total. The lowest BCUT2D eigenvalue weighted by molar-refractivity contribution is 0.202. The Morgan fingerprint density at radius 1 is 1.37 bits per heavy atom. The van der Waals surface area contributed by atoms with Gasteiger partial charge in [0.2, 0.25) is 0 Å². The van der Waals surface area contributed by atoms with Crippen LogP contribution in [-0.4, -0.2) is 22.0 Å². The topological polar surface area (TPSA) is 47.3 Å². The lowest BCUT2D eigenvalue weighted by atomic mass is 9.99. The molecule has 1 heterocycles. The maximum atomic E-state index is 10.6. The number of nitrogens with zero attached hydrogens (tertiary/aromatic N) is 2. The molecule has 1 aromatic heterocycles. The van der Waals surface area contributed by atoms with Crippen molar-refractivity contribution in [2.45, 2.75) is 33.4 Å². The van der Waals surface area contributed by atoms with Gasteiger partial charge in [0.25, 0.3) is 0 Å². The smallest absolute Gasteiger partial charge is 0.163 e. The van der Waals surface area contributed by atoms with Crippen LogP contribution in [0.3, 0.4) is 0 Å². The van der Waals surface area contributed by atoms with Crippen LogP contribution >= 0.6 is 0 Å². The number of aromatic nitrogens is 2. The van der Waals surface area contributed by atoms with Crippen molar-refractivity contribution in [2.24, 2.45) is 0 Å². The number of aliphatic hydroxyl groups is 1. The number of hydrogen-bond acceptors (Lipinski definition) is 3. The molecule has 0 saturated heterocycles. The van der Waals surface area contributed by atoms with E-state index in [1.807, 2.05) is 32.9 Å². The highest BCUT2D eigenvalue weighted by atomic mass is 16.5. The minimum absolute atomic E-state index is 0.620. The lowest BCUT2D eigenvalue weighted by Crippen LogP contribution is -2.11. The fourth-order valence-corrected chi connectivity index (χ4v) is 2.34. The van der Waals surface area contributed by atoms with Crippen LogP contribution in [-0.2, 0) is 6.54 Å². The molecule has 1 aromatic carbocycles. The molecule has 0 aliphatic heterocycles. The Balaban J connectivity index is 2.48. The first-order chi connectivity index (χ1) is 9.08. The summed E-state index contributed by atoms with van der Waals surface area (Å²) in [5.41, 5.74) is 3.85. The first kappa shape index (κ1) is 13.6. The van der Waals surface area contributed by atoms with Gasteiger partial charge in [-0.05, 0) is 31.9 Å². The minimum atomic E-state index is -0.724. The normalized spacial score (nSPS) is 12.5. The molecule has 0 radical (unpaired) electrons. The first-order valence-corrected chi connectivity index (χ1v) is 6.43. The molecule has 0 amide bonds. The predicted molar refractivity (Wildman–Crippen MR) is 74.4 cm³/mol. The van der Waals surface area contributed by atoms with E-state index in [1.165, 1.54) is 5.56 Å². The number of aliphatic hydroxyl groups excluding tert-OH is 1. The molecule has 0 spiro atoms. The van der Waals surface area contributed by atoms with Crippen LogP contribution in [0.4, 0.5) is 0 Å². The quantitative estimate of drug-likeness (QED) is 0.919. The summed E-state index contributed by atoms with van der Waals surface area (Å²) in [5, 5.41) is 14.9. The molecule has 0 bridgehead atoms. The average Bonchev–Trinajstić information content (AvgIpc) is 2.80. The van der Waals surface area contributed by atoms with Crippen molar-refractivity contribution >= 4 is 0 Å². The highest BCUT2D eigenvalue weighted by Crippen LogP contribution is 2.31. The Hall–Kier alpha value is -1.81. The molecular formula is C15H20N2O2. The third kappa shape index (κ3) is 2.49. The van der Waals surface area contributed by atoms with Crippen molar-refractivity contribution in [3.8, 4) is 5.75 Å². The van der Waals surface area contributed by atoms with Crippen molar-refractivity contribution in [3.05, 3.63) is 46.8 Å². The summed E-state index contributed by atoms with van der Waals surface area (Å²) in [6.45, 7) is 6.73. The second kappa shape index (κ2) is 5.45. The minimum Gasteiger partial charge on any atom is -0.493 e. The molecule has 2 aromatic rings. The molecule has 0 fully saturated rings. The molecule has 2 rings (SSSR count). The van der Waals surface area contributed by atoms with Crippen molar-refractivity contribution in [1.82, 2.24) is 9.78 Å². The Morgan fingerprint density at radius 2 is 2.11 bits per heavy atom. The van der Waals surface area contributed by atoms with E-state index < -0.39 is 6.10 Å². The van der Waals surface area contributed by atoms with Crippen LogP contribution in [0.15, 0.2) is 24.4 Å². The number of benzene rings is 1. The lowest BCUT2D eigenvalue weighted by Gasteiger charge is -2.17. The molecular weight excluding hydrogens is 240 g/mol. The summed E-state index contributed by atoms with van der Waals surface area (Å²) in [5.74, 6) is 0.620. The zero-order valence-corrected chi connectivity index (χ0v) is 11.8. The maximum Gasteiger partial charge on any atom is 0.163 e.